The molecule has 328 valence electrons. The maximum absolute atomic E-state index is 4.17. The highest BCUT2D eigenvalue weighted by molar-refractivity contribution is 6.28. The van der Waals surface area contributed by atoms with Crippen LogP contribution in [0.25, 0.3) is 43.5 Å². The summed E-state index contributed by atoms with van der Waals surface area (Å²) in [4.78, 5) is 2.61. The number of para-hydroxylation sites is 2. The number of hydrogen-bond donors (Lipinski definition) is 1. The van der Waals surface area contributed by atoms with Crippen LogP contribution in [0.3, 0.4) is 0 Å². The second-order valence-electron chi connectivity index (χ2n) is 18.7. The van der Waals surface area contributed by atoms with E-state index in [1.54, 1.807) is 5.57 Å². The van der Waals surface area contributed by atoms with Crippen molar-refractivity contribution in [2.24, 2.45) is 0 Å². The van der Waals surface area contributed by atoms with Crippen molar-refractivity contribution < 1.29 is 0 Å². The van der Waals surface area contributed by atoms with E-state index in [0.29, 0.717) is 5.92 Å². The molecular weight excluding hydrogens is 797 g/mol. The molecule has 0 saturated carbocycles. The van der Waals surface area contributed by atoms with Crippen LogP contribution in [-0.4, -0.2) is 0 Å². The molecular formula is C64H62N2. The van der Waals surface area contributed by atoms with E-state index in [1.807, 2.05) is 12.3 Å². The number of anilines is 3. The summed E-state index contributed by atoms with van der Waals surface area (Å²) in [5.41, 5.74) is 19.8. The van der Waals surface area contributed by atoms with Gasteiger partial charge in [-0.25, -0.2) is 0 Å². The van der Waals surface area contributed by atoms with Crippen molar-refractivity contribution in [3.05, 3.63) is 232 Å². The molecule has 0 spiro atoms. The Kier molecular flexibility index (Phi) is 12.3. The molecule has 7 aromatic carbocycles. The molecule has 1 unspecified atom stereocenters. The van der Waals surface area contributed by atoms with Gasteiger partial charge in [0.25, 0.3) is 0 Å². The average Bonchev–Trinajstić information content (AvgIpc) is 4.06. The number of aryl methyl sites for hydroxylation is 2. The molecule has 0 amide bonds. The fraction of sp³-hybridized carbons (Fsp3) is 0.219. The van der Waals surface area contributed by atoms with Gasteiger partial charge in [0.05, 0.1) is 5.69 Å². The van der Waals surface area contributed by atoms with Gasteiger partial charge in [0.1, 0.15) is 0 Å². The van der Waals surface area contributed by atoms with Crippen LogP contribution < -0.4 is 10.2 Å². The molecule has 0 aromatic heterocycles. The minimum atomic E-state index is 0.569. The van der Waals surface area contributed by atoms with E-state index < -0.39 is 0 Å². The third-order valence-corrected chi connectivity index (χ3v) is 14.5. The van der Waals surface area contributed by atoms with Crippen molar-refractivity contribution in [1.29, 1.82) is 0 Å². The Labute approximate surface area is 392 Å². The number of nitrogens with one attached hydrogen (secondary N) is 1. The normalized spacial score (nSPS) is 16.1. The highest BCUT2D eigenvalue weighted by Gasteiger charge is 2.30. The van der Waals surface area contributed by atoms with Gasteiger partial charge in [0.15, 0.2) is 0 Å². The third kappa shape index (κ3) is 8.08. The van der Waals surface area contributed by atoms with Gasteiger partial charge < -0.3 is 10.2 Å². The molecule has 2 heteroatoms. The van der Waals surface area contributed by atoms with Crippen LogP contribution in [0.15, 0.2) is 199 Å². The molecule has 0 heterocycles. The van der Waals surface area contributed by atoms with E-state index >= 15 is 0 Å². The summed E-state index contributed by atoms with van der Waals surface area (Å²) in [6.45, 7) is 13.2. The largest absolute Gasteiger partial charge is 0.361 e. The molecule has 1 N–H and O–H groups in total. The summed E-state index contributed by atoms with van der Waals surface area (Å²) in [6.07, 6.45) is 29.8. The number of nitrogens with zero attached hydrogens (tertiary/aromatic N) is 1. The first-order valence-corrected chi connectivity index (χ1v) is 24.4. The number of hydrogen-bond acceptors (Lipinski definition) is 2. The predicted molar refractivity (Wildman–Crippen MR) is 287 cm³/mol. The lowest BCUT2D eigenvalue weighted by molar-refractivity contribution is 0.542. The highest BCUT2D eigenvalue weighted by atomic mass is 15.2. The number of unbranched alkanes of at least 4 members (excludes halogenated alkanes) is 1. The van der Waals surface area contributed by atoms with Gasteiger partial charge in [0.2, 0.25) is 0 Å². The average molecular weight is 859 g/mol. The van der Waals surface area contributed by atoms with E-state index in [1.165, 1.54) is 137 Å². The zero-order valence-corrected chi connectivity index (χ0v) is 39.3. The van der Waals surface area contributed by atoms with Crippen LogP contribution in [0, 0.1) is 13.8 Å². The lowest BCUT2D eigenvalue weighted by atomic mass is 9.83. The van der Waals surface area contributed by atoms with E-state index in [2.05, 4.69) is 202 Å². The predicted octanol–water partition coefficient (Wildman–Crippen LogP) is 18.1. The maximum Gasteiger partial charge on any atom is 0.0546 e. The van der Waals surface area contributed by atoms with Gasteiger partial charge in [-0.1, -0.05) is 179 Å². The highest BCUT2D eigenvalue weighted by Crippen LogP contribution is 2.51. The molecule has 0 aliphatic heterocycles. The van der Waals surface area contributed by atoms with Crippen LogP contribution in [0.1, 0.15) is 105 Å². The summed E-state index contributed by atoms with van der Waals surface area (Å²) >= 11 is 0. The van der Waals surface area contributed by atoms with E-state index in [0.717, 1.165) is 31.4 Å². The fourth-order valence-electron chi connectivity index (χ4n) is 11.2. The Morgan fingerprint density at radius 1 is 0.712 bits per heavy atom. The second-order valence-corrected chi connectivity index (χ2v) is 18.7. The lowest BCUT2D eigenvalue weighted by Gasteiger charge is -2.32. The number of benzene rings is 7. The molecule has 0 bridgehead atoms. The Hall–Kier alpha value is -6.90. The Balaban J connectivity index is 1.24. The zero-order valence-electron chi connectivity index (χ0n) is 39.3. The zero-order chi connectivity index (χ0) is 45.1. The maximum atomic E-state index is 4.17. The first kappa shape index (κ1) is 43.0. The smallest absolute Gasteiger partial charge is 0.0546 e. The van der Waals surface area contributed by atoms with E-state index in [4.69, 9.17) is 0 Å². The molecule has 10 rings (SSSR count). The van der Waals surface area contributed by atoms with Crippen LogP contribution >= 0.6 is 0 Å². The Bertz CT molecular complexity index is 3190. The van der Waals surface area contributed by atoms with Crippen LogP contribution in [0.2, 0.25) is 0 Å². The van der Waals surface area contributed by atoms with Crippen molar-refractivity contribution in [2.45, 2.75) is 91.4 Å². The van der Waals surface area contributed by atoms with Gasteiger partial charge in [-0.3, -0.25) is 0 Å². The number of fused-ring (bicyclic) bond motifs is 1. The van der Waals surface area contributed by atoms with Crippen LogP contribution in [0.4, 0.5) is 17.1 Å². The molecule has 0 saturated heterocycles. The molecule has 3 aliphatic rings. The second kappa shape index (κ2) is 18.9. The molecule has 1 atom stereocenters. The van der Waals surface area contributed by atoms with Gasteiger partial charge in [0, 0.05) is 34.0 Å². The first-order chi connectivity index (χ1) is 32.4. The SMILES string of the molecule is C=C/C=C\C(=C1/CC2=C(CC=C2)C1)N(c1ccccc1C)c1cc(C2=C(/C=C\C=C\Nc3ccccc3C)c3ccccc3C2)c2ccc3cc(C(CCC)CCCC)cc4ccc1c2c34. The Morgan fingerprint density at radius 2 is 1.48 bits per heavy atom. The van der Waals surface area contributed by atoms with Gasteiger partial charge in [-0.2, -0.15) is 0 Å². The summed E-state index contributed by atoms with van der Waals surface area (Å²) < 4.78 is 0. The standard InChI is InChI=1S/C64H62N2/c1-6-9-23-45(20-8-3)51-39-49-32-34-55-58(57-41-48-24-13-14-27-53(48)54(57)28-17-18-36-65-59-29-15-11-21-43(59)4)42-62(56-35-33-50(40-51)63(49)64(55)56)66(60-31-16-12-22-44(60)5)61(30-10-7-2)52-37-46-25-19-26-47(46)38-52/h7,10-19,21-22,24-25,27-36,39-40,42,45,65H,2,6,8-9,20,23,26,37-38,41H2,1,3-5H3/b28-17-,30-10-,36-18+,61-52-. The summed E-state index contributed by atoms with van der Waals surface area (Å²) in [5, 5.41) is 11.5. The molecule has 0 radical (unpaired) electrons. The third-order valence-electron chi connectivity index (χ3n) is 14.5. The van der Waals surface area contributed by atoms with E-state index in [-0.39, 0.29) is 0 Å². The first-order valence-electron chi connectivity index (χ1n) is 24.4. The molecule has 2 nitrogen and oxygen atoms in total. The summed E-state index contributed by atoms with van der Waals surface area (Å²) in [5.74, 6) is 0.569. The molecule has 7 aromatic rings. The molecule has 3 aliphatic carbocycles. The topological polar surface area (TPSA) is 15.3 Å². The number of rotatable bonds is 16. The molecule has 66 heavy (non-hydrogen) atoms. The van der Waals surface area contributed by atoms with Crippen LogP contribution in [0.5, 0.6) is 0 Å². The minimum absolute atomic E-state index is 0.569. The molecule has 0 fully saturated rings. The van der Waals surface area contributed by atoms with Crippen molar-refractivity contribution in [3.8, 4) is 0 Å². The van der Waals surface area contributed by atoms with Gasteiger partial charge in [-0.05, 0) is 166 Å². The van der Waals surface area contributed by atoms with Crippen molar-refractivity contribution in [3.63, 3.8) is 0 Å². The summed E-state index contributed by atoms with van der Waals surface area (Å²) in [6, 6.07) is 43.8. The quantitative estimate of drug-likeness (QED) is 0.0769. The minimum Gasteiger partial charge on any atom is -0.361 e. The Morgan fingerprint density at radius 3 is 2.26 bits per heavy atom. The van der Waals surface area contributed by atoms with Crippen LogP contribution in [-0.2, 0) is 6.42 Å². The van der Waals surface area contributed by atoms with Crippen molar-refractivity contribution in [2.75, 3.05) is 10.2 Å². The number of allylic oxidation sites excluding steroid dienone is 13. The van der Waals surface area contributed by atoms with Crippen molar-refractivity contribution >= 4 is 60.5 Å². The fourth-order valence-corrected chi connectivity index (χ4v) is 11.2. The monoisotopic (exact) mass is 858 g/mol. The summed E-state index contributed by atoms with van der Waals surface area (Å²) in [7, 11) is 0. The van der Waals surface area contributed by atoms with Gasteiger partial charge >= 0.3 is 0 Å². The van der Waals surface area contributed by atoms with Gasteiger partial charge in [-0.15, -0.1) is 0 Å². The van der Waals surface area contributed by atoms with Crippen molar-refractivity contribution in [1.82, 2.24) is 0 Å². The van der Waals surface area contributed by atoms with E-state index in [9.17, 15) is 0 Å². The lowest BCUT2D eigenvalue weighted by Crippen LogP contribution is -2.19.